The van der Waals surface area contributed by atoms with Crippen molar-refractivity contribution >= 4 is 22.9 Å². The topological polar surface area (TPSA) is 30.7 Å². The van der Waals surface area contributed by atoms with E-state index in [9.17, 15) is 13.6 Å². The van der Waals surface area contributed by atoms with Gasteiger partial charge in [-0.15, -0.1) is 0 Å². The van der Waals surface area contributed by atoms with Crippen LogP contribution in [-0.2, 0) is 11.2 Å². The molecule has 2 atom stereocenters. The Bertz CT molecular complexity index is 818. The number of pyridine rings is 1. The summed E-state index contributed by atoms with van der Waals surface area (Å²) in [5.74, 6) is -2.75. The predicted octanol–water partition coefficient (Wildman–Crippen LogP) is 5.82. The molecule has 27 heavy (non-hydrogen) atoms. The Kier molecular flexibility index (Phi) is 6.21. The molecule has 1 fully saturated rings. The fourth-order valence-corrected chi connectivity index (χ4v) is 4.60. The van der Waals surface area contributed by atoms with Gasteiger partial charge in [0.1, 0.15) is 0 Å². The fraction of sp³-hybridized carbons (Fsp3) is 0.571. The van der Waals surface area contributed by atoms with Gasteiger partial charge in [0.15, 0.2) is 5.78 Å². The predicted molar refractivity (Wildman–Crippen MR) is 103 cm³/mol. The van der Waals surface area contributed by atoms with Crippen molar-refractivity contribution < 1.29 is 18.3 Å². The second kappa shape index (κ2) is 8.27. The average molecular weight is 398 g/mol. The molecule has 0 N–H and O–H groups in total. The summed E-state index contributed by atoms with van der Waals surface area (Å²) in [6.07, 6.45) is 3.92. The summed E-state index contributed by atoms with van der Waals surface area (Å²) in [5.41, 5.74) is 2.22. The van der Waals surface area contributed by atoms with Crippen molar-refractivity contribution in [2.45, 2.75) is 51.4 Å². The van der Waals surface area contributed by atoms with E-state index >= 15 is 0 Å². The number of carbonyl (C=O) groups is 1. The Morgan fingerprint density at radius 1 is 1.41 bits per heavy atom. The molecule has 148 valence electrons. The third-order valence-electron chi connectivity index (χ3n) is 5.43. The summed E-state index contributed by atoms with van der Waals surface area (Å²) in [6.45, 7) is 2.41. The summed E-state index contributed by atoms with van der Waals surface area (Å²) < 4.78 is 34.7. The monoisotopic (exact) mass is 397 g/mol. The molecule has 3 rings (SSSR count). The molecule has 0 saturated heterocycles. The van der Waals surface area contributed by atoms with Crippen molar-refractivity contribution in [1.29, 1.82) is 0 Å². The molecule has 0 aliphatic heterocycles. The maximum absolute atomic E-state index is 13.8. The van der Waals surface area contributed by atoms with Crippen LogP contribution in [0.1, 0.15) is 55.1 Å². The first kappa shape index (κ1) is 20.3. The minimum absolute atomic E-state index is 0.000691. The molecule has 2 aromatic rings. The number of Topliss-reactive ketones (excluding diaryl/α,β-unsaturated/α-hetero) is 1. The van der Waals surface area contributed by atoms with Crippen molar-refractivity contribution in [3.63, 3.8) is 0 Å². The average Bonchev–Trinajstić information content (AvgIpc) is 2.96. The molecule has 2 heterocycles. The molecule has 6 heteroatoms. The minimum Gasteiger partial charge on any atom is -0.384 e. The van der Waals surface area contributed by atoms with Crippen LogP contribution in [0.25, 0.3) is 5.52 Å². The number of halogens is 3. The van der Waals surface area contributed by atoms with Gasteiger partial charge in [0.25, 0.3) is 0 Å². The summed E-state index contributed by atoms with van der Waals surface area (Å²) in [7, 11) is 1.63. The van der Waals surface area contributed by atoms with Gasteiger partial charge in [-0.3, -0.25) is 4.79 Å². The van der Waals surface area contributed by atoms with E-state index in [0.29, 0.717) is 35.6 Å². The molecule has 1 aliphatic carbocycles. The molecule has 2 unspecified atom stereocenters. The van der Waals surface area contributed by atoms with E-state index < -0.39 is 5.92 Å². The summed E-state index contributed by atoms with van der Waals surface area (Å²) in [5, 5.41) is 0.516. The smallest absolute Gasteiger partial charge is 0.248 e. The number of hydrogen-bond acceptors (Lipinski definition) is 2. The summed E-state index contributed by atoms with van der Waals surface area (Å²) in [6, 6.07) is 5.46. The van der Waals surface area contributed by atoms with Crippen LogP contribution in [-0.4, -0.2) is 29.8 Å². The first-order valence-electron chi connectivity index (χ1n) is 9.49. The molecular formula is C21H26ClF2NO2. The first-order chi connectivity index (χ1) is 12.8. The number of fused-ring (bicyclic) bond motifs is 1. The van der Waals surface area contributed by atoms with Crippen molar-refractivity contribution in [2.24, 2.45) is 11.8 Å². The molecule has 1 saturated carbocycles. The van der Waals surface area contributed by atoms with Crippen LogP contribution in [0.4, 0.5) is 8.78 Å². The Balaban J connectivity index is 1.77. The second-order valence-electron chi connectivity index (χ2n) is 7.80. The Hall–Kier alpha value is -1.46. The zero-order valence-electron chi connectivity index (χ0n) is 15.8. The fourth-order valence-electron chi connectivity index (χ4n) is 4.34. The second-order valence-corrected chi connectivity index (χ2v) is 8.21. The maximum Gasteiger partial charge on any atom is 0.248 e. The summed E-state index contributed by atoms with van der Waals surface area (Å²) >= 11 is 6.36. The quantitative estimate of drug-likeness (QED) is 0.551. The van der Waals surface area contributed by atoms with Gasteiger partial charge in [-0.25, -0.2) is 8.78 Å². The molecule has 1 aliphatic rings. The van der Waals surface area contributed by atoms with Crippen LogP contribution < -0.4 is 0 Å². The highest BCUT2D eigenvalue weighted by Crippen LogP contribution is 2.41. The molecule has 0 aromatic carbocycles. The highest BCUT2D eigenvalue weighted by atomic mass is 35.5. The highest BCUT2D eigenvalue weighted by Gasteiger charge is 2.39. The lowest BCUT2D eigenvalue weighted by molar-refractivity contribution is -0.0703. The van der Waals surface area contributed by atoms with Crippen molar-refractivity contribution in [3.05, 3.63) is 40.7 Å². The standard InChI is InChI=1S/C21H26ClF2NO2/c1-14-10-15(13-21(23,24)12-14)5-6-19(26)17-11-16(7-9-27-2)25-8-3-4-18(22)20(17)25/h3-4,8,11,14-15H,5-7,9-10,12-13H2,1-2H3. The van der Waals surface area contributed by atoms with Gasteiger partial charge in [0.2, 0.25) is 5.92 Å². The Morgan fingerprint density at radius 2 is 2.19 bits per heavy atom. The number of ether oxygens (including phenoxy) is 1. The lowest BCUT2D eigenvalue weighted by Gasteiger charge is -2.33. The highest BCUT2D eigenvalue weighted by molar-refractivity contribution is 6.35. The zero-order valence-corrected chi connectivity index (χ0v) is 16.6. The van der Waals surface area contributed by atoms with Gasteiger partial charge >= 0.3 is 0 Å². The Morgan fingerprint density at radius 3 is 2.89 bits per heavy atom. The van der Waals surface area contributed by atoms with Crippen LogP contribution in [0.3, 0.4) is 0 Å². The SMILES string of the molecule is COCCc1cc(C(=O)CCC2CC(C)CC(F)(F)C2)c2c(Cl)cccn12. The maximum atomic E-state index is 13.8. The van der Waals surface area contributed by atoms with Crippen LogP contribution >= 0.6 is 11.6 Å². The van der Waals surface area contributed by atoms with Gasteiger partial charge in [-0.2, -0.15) is 0 Å². The van der Waals surface area contributed by atoms with E-state index in [1.807, 2.05) is 29.7 Å². The number of alkyl halides is 2. The molecule has 3 nitrogen and oxygen atoms in total. The van der Waals surface area contributed by atoms with Gasteiger partial charge in [0.05, 0.1) is 17.1 Å². The van der Waals surface area contributed by atoms with E-state index in [4.69, 9.17) is 16.3 Å². The first-order valence-corrected chi connectivity index (χ1v) is 9.87. The van der Waals surface area contributed by atoms with E-state index in [2.05, 4.69) is 0 Å². The summed E-state index contributed by atoms with van der Waals surface area (Å²) in [4.78, 5) is 12.9. The van der Waals surface area contributed by atoms with Gasteiger partial charge < -0.3 is 9.14 Å². The van der Waals surface area contributed by atoms with E-state index in [0.717, 1.165) is 12.1 Å². The van der Waals surface area contributed by atoms with E-state index in [1.54, 1.807) is 13.2 Å². The number of nitrogens with zero attached hydrogens (tertiary/aromatic N) is 1. The third-order valence-corrected chi connectivity index (χ3v) is 5.74. The third kappa shape index (κ3) is 4.69. The minimum atomic E-state index is -2.61. The molecule has 0 radical (unpaired) electrons. The number of carbonyl (C=O) groups excluding carboxylic acids is 1. The lowest BCUT2D eigenvalue weighted by Crippen LogP contribution is -2.30. The number of hydrogen-bond donors (Lipinski definition) is 0. The molecule has 0 bridgehead atoms. The van der Waals surface area contributed by atoms with Gasteiger partial charge in [-0.1, -0.05) is 18.5 Å². The van der Waals surface area contributed by atoms with E-state index in [-0.39, 0.29) is 36.9 Å². The van der Waals surface area contributed by atoms with Crippen LogP contribution in [0.2, 0.25) is 5.02 Å². The zero-order chi connectivity index (χ0) is 19.6. The number of ketones is 1. The Labute approximate surface area is 163 Å². The number of aromatic nitrogens is 1. The largest absolute Gasteiger partial charge is 0.384 e. The van der Waals surface area contributed by atoms with Gasteiger partial charge in [-0.05, 0) is 42.9 Å². The van der Waals surface area contributed by atoms with Crippen molar-refractivity contribution in [3.8, 4) is 0 Å². The molecule has 0 spiro atoms. The van der Waals surface area contributed by atoms with Crippen molar-refractivity contribution in [2.75, 3.05) is 13.7 Å². The van der Waals surface area contributed by atoms with Crippen LogP contribution in [0.15, 0.2) is 24.4 Å². The van der Waals surface area contributed by atoms with Crippen LogP contribution in [0.5, 0.6) is 0 Å². The molecule has 0 amide bonds. The molecular weight excluding hydrogens is 372 g/mol. The van der Waals surface area contributed by atoms with Gasteiger partial charge in [0, 0.05) is 50.2 Å². The number of rotatable bonds is 7. The number of methoxy groups -OCH3 is 1. The molecule has 2 aromatic heterocycles. The normalized spacial score (nSPS) is 22.3. The van der Waals surface area contributed by atoms with Crippen molar-refractivity contribution in [1.82, 2.24) is 4.40 Å². The lowest BCUT2D eigenvalue weighted by atomic mass is 9.77. The van der Waals surface area contributed by atoms with Crippen LogP contribution in [0, 0.1) is 11.8 Å². The van der Waals surface area contributed by atoms with E-state index in [1.165, 1.54) is 0 Å².